The standard InChI is InChI=1S/C11H21NO2/c1-8-7-14-6-5-9(8)12-10-3-2-4-11(10)13/h8-13H,2-7H2,1H3/t8?,9?,10-,11-/m0/s1. The molecule has 1 heterocycles. The number of ether oxygens (including phenoxy) is 1. The van der Waals surface area contributed by atoms with Gasteiger partial charge in [0.2, 0.25) is 0 Å². The van der Waals surface area contributed by atoms with E-state index in [0.717, 1.165) is 38.9 Å². The van der Waals surface area contributed by atoms with Crippen molar-refractivity contribution in [3.63, 3.8) is 0 Å². The maximum atomic E-state index is 9.71. The van der Waals surface area contributed by atoms with Crippen molar-refractivity contribution in [2.45, 2.75) is 50.8 Å². The predicted octanol–water partition coefficient (Wildman–Crippen LogP) is 0.914. The number of rotatable bonds is 2. The van der Waals surface area contributed by atoms with Crippen molar-refractivity contribution >= 4 is 0 Å². The Balaban J connectivity index is 1.83. The third-order valence-corrected chi connectivity index (χ3v) is 3.55. The third-order valence-electron chi connectivity index (χ3n) is 3.55. The van der Waals surface area contributed by atoms with Gasteiger partial charge in [0.25, 0.3) is 0 Å². The first-order chi connectivity index (χ1) is 6.77. The molecule has 82 valence electrons. The predicted molar refractivity (Wildman–Crippen MR) is 55.2 cm³/mol. The summed E-state index contributed by atoms with van der Waals surface area (Å²) >= 11 is 0. The van der Waals surface area contributed by atoms with Gasteiger partial charge < -0.3 is 15.2 Å². The Morgan fingerprint density at radius 1 is 1.21 bits per heavy atom. The van der Waals surface area contributed by atoms with Crippen LogP contribution in [-0.4, -0.2) is 36.5 Å². The fourth-order valence-corrected chi connectivity index (χ4v) is 2.54. The molecule has 3 heteroatoms. The normalized spacial score (nSPS) is 44.1. The zero-order valence-electron chi connectivity index (χ0n) is 8.91. The second-order valence-electron chi connectivity index (χ2n) is 4.72. The summed E-state index contributed by atoms with van der Waals surface area (Å²) in [6.07, 6.45) is 4.23. The molecular formula is C11H21NO2. The van der Waals surface area contributed by atoms with E-state index in [-0.39, 0.29) is 6.10 Å². The zero-order valence-corrected chi connectivity index (χ0v) is 8.91. The lowest BCUT2D eigenvalue weighted by molar-refractivity contribution is 0.0291. The fourth-order valence-electron chi connectivity index (χ4n) is 2.54. The number of nitrogens with one attached hydrogen (secondary N) is 1. The topological polar surface area (TPSA) is 41.5 Å². The largest absolute Gasteiger partial charge is 0.392 e. The summed E-state index contributed by atoms with van der Waals surface area (Å²) < 4.78 is 5.40. The maximum absolute atomic E-state index is 9.71. The van der Waals surface area contributed by atoms with Crippen LogP contribution in [0.2, 0.25) is 0 Å². The monoisotopic (exact) mass is 199 g/mol. The van der Waals surface area contributed by atoms with E-state index in [1.165, 1.54) is 0 Å². The average molecular weight is 199 g/mol. The highest BCUT2D eigenvalue weighted by molar-refractivity contribution is 4.88. The molecule has 1 saturated heterocycles. The highest BCUT2D eigenvalue weighted by atomic mass is 16.5. The summed E-state index contributed by atoms with van der Waals surface area (Å²) in [4.78, 5) is 0. The summed E-state index contributed by atoms with van der Waals surface area (Å²) in [6.45, 7) is 3.95. The molecule has 0 bridgehead atoms. The van der Waals surface area contributed by atoms with Crippen LogP contribution in [0.4, 0.5) is 0 Å². The Morgan fingerprint density at radius 2 is 2.07 bits per heavy atom. The summed E-state index contributed by atoms with van der Waals surface area (Å²) in [6, 6.07) is 0.877. The van der Waals surface area contributed by atoms with E-state index in [1.54, 1.807) is 0 Å². The van der Waals surface area contributed by atoms with E-state index in [9.17, 15) is 5.11 Å². The molecule has 1 saturated carbocycles. The first kappa shape index (κ1) is 10.4. The minimum absolute atomic E-state index is 0.120. The van der Waals surface area contributed by atoms with Gasteiger partial charge >= 0.3 is 0 Å². The van der Waals surface area contributed by atoms with Crippen LogP contribution in [0.3, 0.4) is 0 Å². The summed E-state index contributed by atoms with van der Waals surface area (Å²) in [5.74, 6) is 0.580. The van der Waals surface area contributed by atoms with Crippen LogP contribution in [0.1, 0.15) is 32.6 Å². The Hall–Kier alpha value is -0.120. The minimum atomic E-state index is -0.120. The molecule has 0 spiro atoms. The Kier molecular flexibility index (Phi) is 3.42. The van der Waals surface area contributed by atoms with E-state index in [2.05, 4.69) is 12.2 Å². The minimum Gasteiger partial charge on any atom is -0.392 e. The molecule has 0 aromatic carbocycles. The van der Waals surface area contributed by atoms with Crippen LogP contribution in [-0.2, 0) is 4.74 Å². The Bertz CT molecular complexity index is 186. The second kappa shape index (κ2) is 4.60. The smallest absolute Gasteiger partial charge is 0.0693 e. The van der Waals surface area contributed by atoms with E-state index in [4.69, 9.17) is 4.74 Å². The van der Waals surface area contributed by atoms with Gasteiger partial charge in [-0.05, 0) is 31.6 Å². The van der Waals surface area contributed by atoms with Crippen LogP contribution in [0.15, 0.2) is 0 Å². The lowest BCUT2D eigenvalue weighted by Gasteiger charge is -2.33. The van der Waals surface area contributed by atoms with Crippen molar-refractivity contribution in [3.05, 3.63) is 0 Å². The van der Waals surface area contributed by atoms with E-state index in [1.807, 2.05) is 0 Å². The summed E-state index contributed by atoms with van der Waals surface area (Å²) in [5.41, 5.74) is 0. The van der Waals surface area contributed by atoms with E-state index >= 15 is 0 Å². The lowest BCUT2D eigenvalue weighted by Crippen LogP contribution is -2.48. The van der Waals surface area contributed by atoms with Crippen LogP contribution in [0.5, 0.6) is 0 Å². The zero-order chi connectivity index (χ0) is 9.97. The second-order valence-corrected chi connectivity index (χ2v) is 4.72. The molecule has 0 radical (unpaired) electrons. The van der Waals surface area contributed by atoms with Crippen LogP contribution in [0, 0.1) is 5.92 Å². The van der Waals surface area contributed by atoms with Crippen molar-refractivity contribution in [2.75, 3.05) is 13.2 Å². The highest BCUT2D eigenvalue weighted by Crippen LogP contribution is 2.22. The molecule has 0 amide bonds. The van der Waals surface area contributed by atoms with Crippen molar-refractivity contribution in [2.24, 2.45) is 5.92 Å². The van der Waals surface area contributed by atoms with Gasteiger partial charge in [-0.1, -0.05) is 6.92 Å². The molecule has 2 aliphatic rings. The molecule has 3 nitrogen and oxygen atoms in total. The molecule has 0 aromatic rings. The molecule has 1 aliphatic heterocycles. The first-order valence-electron chi connectivity index (χ1n) is 5.79. The maximum Gasteiger partial charge on any atom is 0.0693 e. The Labute approximate surface area is 85.8 Å². The molecule has 14 heavy (non-hydrogen) atoms. The Morgan fingerprint density at radius 3 is 2.71 bits per heavy atom. The van der Waals surface area contributed by atoms with Gasteiger partial charge in [-0.15, -0.1) is 0 Å². The molecule has 2 unspecified atom stereocenters. The van der Waals surface area contributed by atoms with Crippen molar-refractivity contribution < 1.29 is 9.84 Å². The average Bonchev–Trinajstić information content (AvgIpc) is 2.56. The van der Waals surface area contributed by atoms with E-state index < -0.39 is 0 Å². The molecule has 2 fully saturated rings. The summed E-state index contributed by atoms with van der Waals surface area (Å²) in [5, 5.41) is 13.3. The van der Waals surface area contributed by atoms with Crippen LogP contribution < -0.4 is 5.32 Å². The molecular weight excluding hydrogens is 178 g/mol. The molecule has 2 rings (SSSR count). The third kappa shape index (κ3) is 2.27. The number of aliphatic hydroxyl groups is 1. The molecule has 2 N–H and O–H groups in total. The van der Waals surface area contributed by atoms with Crippen LogP contribution in [0.25, 0.3) is 0 Å². The van der Waals surface area contributed by atoms with Crippen LogP contribution >= 0.6 is 0 Å². The van der Waals surface area contributed by atoms with Gasteiger partial charge in [-0.2, -0.15) is 0 Å². The highest BCUT2D eigenvalue weighted by Gasteiger charge is 2.30. The van der Waals surface area contributed by atoms with Gasteiger partial charge in [0.1, 0.15) is 0 Å². The van der Waals surface area contributed by atoms with Crippen molar-refractivity contribution in [3.8, 4) is 0 Å². The SMILES string of the molecule is CC1COCCC1N[C@H]1CCC[C@@H]1O. The number of hydrogen-bond acceptors (Lipinski definition) is 3. The summed E-state index contributed by atoms with van der Waals surface area (Å²) in [7, 11) is 0. The van der Waals surface area contributed by atoms with Gasteiger partial charge in [-0.25, -0.2) is 0 Å². The fraction of sp³-hybridized carbons (Fsp3) is 1.00. The van der Waals surface area contributed by atoms with Gasteiger partial charge in [0.15, 0.2) is 0 Å². The van der Waals surface area contributed by atoms with Crippen molar-refractivity contribution in [1.29, 1.82) is 0 Å². The number of hydrogen-bond donors (Lipinski definition) is 2. The molecule has 0 aromatic heterocycles. The van der Waals surface area contributed by atoms with Gasteiger partial charge in [-0.3, -0.25) is 0 Å². The lowest BCUT2D eigenvalue weighted by atomic mass is 9.96. The first-order valence-corrected chi connectivity index (χ1v) is 5.79. The van der Waals surface area contributed by atoms with Gasteiger partial charge in [0, 0.05) is 18.7 Å². The quantitative estimate of drug-likeness (QED) is 0.694. The number of aliphatic hydroxyl groups excluding tert-OH is 1. The molecule has 1 aliphatic carbocycles. The van der Waals surface area contributed by atoms with Crippen molar-refractivity contribution in [1.82, 2.24) is 5.32 Å². The molecule has 4 atom stereocenters. The van der Waals surface area contributed by atoms with Gasteiger partial charge in [0.05, 0.1) is 12.7 Å². The van der Waals surface area contributed by atoms with E-state index in [0.29, 0.717) is 18.0 Å².